The van der Waals surface area contributed by atoms with Crippen LogP contribution in [0.2, 0.25) is 0 Å². The molecule has 4 aliphatic rings. The van der Waals surface area contributed by atoms with Crippen molar-refractivity contribution in [3.8, 4) is 0 Å². The van der Waals surface area contributed by atoms with E-state index >= 15 is 0 Å². The van der Waals surface area contributed by atoms with Crippen molar-refractivity contribution in [2.24, 2.45) is 29.6 Å². The third kappa shape index (κ3) is 1.54. The minimum atomic E-state index is 0.255. The highest BCUT2D eigenvalue weighted by Gasteiger charge is 2.68. The van der Waals surface area contributed by atoms with E-state index in [4.69, 9.17) is 4.74 Å². The van der Waals surface area contributed by atoms with Gasteiger partial charge in [-0.25, -0.2) is 0 Å². The minimum Gasteiger partial charge on any atom is -0.377 e. The number of carbonyl (C=O) groups excluding carboxylic acids is 1. The van der Waals surface area contributed by atoms with Gasteiger partial charge in [-0.2, -0.15) is 0 Å². The number of alkyl halides is 1. The van der Waals surface area contributed by atoms with Gasteiger partial charge in [-0.3, -0.25) is 4.79 Å². The molecular weight excluding hydrogens is 294 g/mol. The van der Waals surface area contributed by atoms with Gasteiger partial charge in [0, 0.05) is 17.8 Å². The molecule has 0 aromatic carbocycles. The molecule has 1 aliphatic heterocycles. The topological polar surface area (TPSA) is 29.5 Å². The molecule has 0 aromatic heterocycles. The van der Waals surface area contributed by atoms with E-state index in [-0.39, 0.29) is 6.04 Å². The van der Waals surface area contributed by atoms with Crippen molar-refractivity contribution >= 4 is 21.8 Å². The second-order valence-electron chi connectivity index (χ2n) is 6.43. The highest BCUT2D eigenvalue weighted by atomic mass is 79.9. The van der Waals surface area contributed by atoms with E-state index in [9.17, 15) is 4.79 Å². The average molecular weight is 314 g/mol. The lowest BCUT2D eigenvalue weighted by Gasteiger charge is -2.35. The Kier molecular flexibility index (Phi) is 2.74. The van der Waals surface area contributed by atoms with E-state index in [1.165, 1.54) is 19.3 Å². The molecular formula is C14H20BrNO2. The first kappa shape index (κ1) is 11.7. The molecule has 3 nitrogen and oxygen atoms in total. The van der Waals surface area contributed by atoms with Gasteiger partial charge in [-0.15, -0.1) is 0 Å². The molecule has 2 bridgehead atoms. The van der Waals surface area contributed by atoms with Crippen molar-refractivity contribution in [1.29, 1.82) is 0 Å². The van der Waals surface area contributed by atoms with Crippen LogP contribution in [0.5, 0.6) is 0 Å². The number of morpholine rings is 1. The minimum absolute atomic E-state index is 0.255. The molecule has 4 fully saturated rings. The van der Waals surface area contributed by atoms with Crippen LogP contribution in [-0.4, -0.2) is 41.9 Å². The van der Waals surface area contributed by atoms with E-state index in [2.05, 4.69) is 20.8 Å². The number of hydrogen-bond acceptors (Lipinski definition) is 2. The van der Waals surface area contributed by atoms with Gasteiger partial charge in [-0.1, -0.05) is 15.9 Å². The number of halogens is 1. The van der Waals surface area contributed by atoms with Gasteiger partial charge in [0.25, 0.3) is 0 Å². The summed E-state index contributed by atoms with van der Waals surface area (Å²) in [5, 5.41) is 0.841. The Balaban J connectivity index is 1.48. The summed E-state index contributed by atoms with van der Waals surface area (Å²) in [6.45, 7) is 2.20. The lowest BCUT2D eigenvalue weighted by Crippen LogP contribution is -2.50. The first-order valence-corrected chi connectivity index (χ1v) is 8.37. The van der Waals surface area contributed by atoms with Crippen molar-refractivity contribution in [1.82, 2.24) is 4.90 Å². The lowest BCUT2D eigenvalue weighted by molar-refractivity contribution is -0.141. The molecule has 0 spiro atoms. The Bertz CT molecular complexity index is 359. The first-order chi connectivity index (χ1) is 8.81. The largest absolute Gasteiger partial charge is 0.377 e. The van der Waals surface area contributed by atoms with Crippen LogP contribution >= 0.6 is 15.9 Å². The molecule has 18 heavy (non-hydrogen) atoms. The second-order valence-corrected chi connectivity index (χ2v) is 7.08. The summed E-state index contributed by atoms with van der Waals surface area (Å²) in [5.74, 6) is 4.12. The number of fused-ring (bicyclic) bond motifs is 5. The Morgan fingerprint density at radius 2 is 2.00 bits per heavy atom. The highest BCUT2D eigenvalue weighted by Crippen LogP contribution is 2.69. The third-order valence-electron chi connectivity index (χ3n) is 5.71. The molecule has 5 unspecified atom stereocenters. The fourth-order valence-corrected chi connectivity index (χ4v) is 5.46. The zero-order valence-corrected chi connectivity index (χ0v) is 12.1. The van der Waals surface area contributed by atoms with Gasteiger partial charge >= 0.3 is 0 Å². The number of nitrogens with zero attached hydrogens (tertiary/aromatic N) is 1. The second kappa shape index (κ2) is 4.20. The summed E-state index contributed by atoms with van der Waals surface area (Å²) in [7, 11) is 0. The molecule has 3 saturated carbocycles. The van der Waals surface area contributed by atoms with Crippen LogP contribution in [0.4, 0.5) is 0 Å². The van der Waals surface area contributed by atoms with E-state index < -0.39 is 0 Å². The molecule has 1 saturated heterocycles. The lowest BCUT2D eigenvalue weighted by atomic mass is 10.0. The zero-order valence-electron chi connectivity index (χ0n) is 10.6. The summed E-state index contributed by atoms with van der Waals surface area (Å²) < 4.78 is 5.48. The zero-order chi connectivity index (χ0) is 12.3. The van der Waals surface area contributed by atoms with Crippen LogP contribution in [0.1, 0.15) is 19.3 Å². The van der Waals surface area contributed by atoms with Crippen molar-refractivity contribution < 1.29 is 9.53 Å². The molecule has 5 atom stereocenters. The number of hydrogen-bond donors (Lipinski definition) is 0. The third-order valence-corrected chi connectivity index (χ3v) is 6.46. The summed E-state index contributed by atoms with van der Waals surface area (Å²) >= 11 is 3.51. The van der Waals surface area contributed by atoms with E-state index in [1.807, 2.05) is 0 Å². The Hall–Kier alpha value is -0.0900. The summed E-state index contributed by atoms with van der Waals surface area (Å²) in [6, 6.07) is 0.255. The fraction of sp³-hybridized carbons (Fsp3) is 0.929. The molecule has 1 amide bonds. The van der Waals surface area contributed by atoms with E-state index in [1.54, 1.807) is 0 Å². The first-order valence-electron chi connectivity index (χ1n) is 7.25. The Morgan fingerprint density at radius 3 is 2.67 bits per heavy atom. The number of ether oxygens (including phenoxy) is 1. The number of rotatable bonds is 2. The number of carbonyl (C=O) groups is 1. The van der Waals surface area contributed by atoms with Crippen LogP contribution in [-0.2, 0) is 9.53 Å². The molecule has 0 N–H and O–H groups in total. The monoisotopic (exact) mass is 313 g/mol. The van der Waals surface area contributed by atoms with Crippen molar-refractivity contribution in [3.05, 3.63) is 0 Å². The predicted molar refractivity (Wildman–Crippen MR) is 71.4 cm³/mol. The summed E-state index contributed by atoms with van der Waals surface area (Å²) in [4.78, 5) is 14.8. The predicted octanol–water partition coefficient (Wildman–Crippen LogP) is 1.90. The van der Waals surface area contributed by atoms with Crippen molar-refractivity contribution in [2.75, 3.05) is 25.1 Å². The molecule has 3 aliphatic carbocycles. The SMILES string of the molecule is O=C(C1C2C3CCC(C3)C12)N1CCOCC1CBr. The Labute approximate surface area is 116 Å². The molecule has 4 heteroatoms. The normalized spacial score (nSPS) is 49.3. The van der Waals surface area contributed by atoms with E-state index in [0.29, 0.717) is 25.0 Å². The van der Waals surface area contributed by atoms with E-state index in [0.717, 1.165) is 35.5 Å². The fourth-order valence-electron chi connectivity index (χ4n) is 4.92. The Morgan fingerprint density at radius 1 is 1.28 bits per heavy atom. The smallest absolute Gasteiger partial charge is 0.226 e. The maximum atomic E-state index is 12.7. The van der Waals surface area contributed by atoms with Gasteiger partial charge in [0.15, 0.2) is 0 Å². The van der Waals surface area contributed by atoms with Crippen LogP contribution in [0.25, 0.3) is 0 Å². The van der Waals surface area contributed by atoms with Gasteiger partial charge in [0.1, 0.15) is 0 Å². The van der Waals surface area contributed by atoms with Crippen molar-refractivity contribution in [3.63, 3.8) is 0 Å². The van der Waals surface area contributed by atoms with Crippen LogP contribution < -0.4 is 0 Å². The molecule has 0 aromatic rings. The number of amides is 1. The van der Waals surface area contributed by atoms with Crippen molar-refractivity contribution in [2.45, 2.75) is 25.3 Å². The van der Waals surface area contributed by atoms with Crippen LogP contribution in [0, 0.1) is 29.6 Å². The molecule has 100 valence electrons. The maximum absolute atomic E-state index is 12.7. The molecule has 1 heterocycles. The molecule has 4 rings (SSSR count). The van der Waals surface area contributed by atoms with Gasteiger partial charge in [-0.05, 0) is 42.9 Å². The average Bonchev–Trinajstić information content (AvgIpc) is 2.85. The maximum Gasteiger partial charge on any atom is 0.226 e. The van der Waals surface area contributed by atoms with Crippen LogP contribution in [0.15, 0.2) is 0 Å². The highest BCUT2D eigenvalue weighted by molar-refractivity contribution is 9.09. The van der Waals surface area contributed by atoms with Gasteiger partial charge < -0.3 is 9.64 Å². The summed E-state index contributed by atoms with van der Waals surface area (Å²) in [5.41, 5.74) is 0. The quantitative estimate of drug-likeness (QED) is 0.729. The summed E-state index contributed by atoms with van der Waals surface area (Å²) in [6.07, 6.45) is 4.20. The molecule has 0 radical (unpaired) electrons. The van der Waals surface area contributed by atoms with Crippen LogP contribution in [0.3, 0.4) is 0 Å². The standard InChI is InChI=1S/C14H20BrNO2/c15-6-10-7-18-4-3-16(10)14(17)13-11-8-1-2-9(5-8)12(11)13/h8-13H,1-7H2. The van der Waals surface area contributed by atoms with Gasteiger partial charge in [0.05, 0.1) is 19.3 Å². The van der Waals surface area contributed by atoms with Gasteiger partial charge in [0.2, 0.25) is 5.91 Å².